The molecule has 2 amide bonds. The van der Waals surface area contributed by atoms with E-state index in [4.69, 9.17) is 4.74 Å². The molecule has 0 radical (unpaired) electrons. The molecule has 2 aliphatic heterocycles. The van der Waals surface area contributed by atoms with Crippen LogP contribution in [0.5, 0.6) is 5.75 Å². The van der Waals surface area contributed by atoms with Crippen molar-refractivity contribution in [1.29, 1.82) is 0 Å². The van der Waals surface area contributed by atoms with E-state index in [1.54, 1.807) is 7.11 Å². The molecule has 1 aliphatic carbocycles. The van der Waals surface area contributed by atoms with Crippen LogP contribution < -0.4 is 14.5 Å². The first-order valence-electron chi connectivity index (χ1n) is 13.1. The van der Waals surface area contributed by atoms with E-state index in [1.807, 2.05) is 42.5 Å². The fraction of sp³-hybridized carbons (Fsp3) is 0.290. The molecule has 1 N–H and O–H groups in total. The number of ether oxygens (including phenoxy) is 1. The number of amides is 2. The minimum absolute atomic E-state index is 0.0784. The number of likely N-dealkylation sites (tertiary alicyclic amines) is 1. The molecule has 6 rings (SSSR count). The SMILES string of the molecule is COc1ccccc1N1CC[NH+](CCCN2C(=O)CC(=C3c4ccccc4-c4ccccc43)C2=O)CC1. The maximum absolute atomic E-state index is 13.5. The highest BCUT2D eigenvalue weighted by Crippen LogP contribution is 2.47. The van der Waals surface area contributed by atoms with Gasteiger partial charge in [-0.25, -0.2) is 0 Å². The first-order valence-corrected chi connectivity index (χ1v) is 13.1. The van der Waals surface area contributed by atoms with Gasteiger partial charge in [-0.05, 0) is 40.0 Å². The molecule has 3 aliphatic rings. The van der Waals surface area contributed by atoms with E-state index in [2.05, 4.69) is 35.2 Å². The van der Waals surface area contributed by atoms with Crippen molar-refractivity contribution in [3.05, 3.63) is 89.5 Å². The first-order chi connectivity index (χ1) is 18.2. The van der Waals surface area contributed by atoms with Crippen LogP contribution in [-0.4, -0.2) is 63.1 Å². The topological polar surface area (TPSA) is 54.3 Å². The molecule has 0 aromatic heterocycles. The molecule has 2 fully saturated rings. The van der Waals surface area contributed by atoms with E-state index in [0.717, 1.165) is 78.4 Å². The van der Waals surface area contributed by atoms with Gasteiger partial charge in [0.2, 0.25) is 5.91 Å². The zero-order chi connectivity index (χ0) is 25.4. The van der Waals surface area contributed by atoms with Gasteiger partial charge in [-0.2, -0.15) is 0 Å². The molecular formula is C31H32N3O3+. The summed E-state index contributed by atoms with van der Waals surface area (Å²) < 4.78 is 5.53. The molecule has 0 spiro atoms. The van der Waals surface area contributed by atoms with Crippen LogP contribution in [0.25, 0.3) is 16.7 Å². The molecule has 2 saturated heterocycles. The van der Waals surface area contributed by atoms with Gasteiger partial charge in [-0.15, -0.1) is 0 Å². The van der Waals surface area contributed by atoms with Crippen molar-refractivity contribution in [3.63, 3.8) is 0 Å². The molecule has 3 aromatic rings. The Morgan fingerprint density at radius 2 is 1.41 bits per heavy atom. The van der Waals surface area contributed by atoms with E-state index in [0.29, 0.717) is 12.1 Å². The monoisotopic (exact) mass is 494 g/mol. The van der Waals surface area contributed by atoms with Gasteiger partial charge in [0.25, 0.3) is 5.91 Å². The van der Waals surface area contributed by atoms with E-state index < -0.39 is 0 Å². The Morgan fingerprint density at radius 1 is 0.811 bits per heavy atom. The van der Waals surface area contributed by atoms with E-state index in [1.165, 1.54) is 9.80 Å². The molecule has 0 unspecified atom stereocenters. The third kappa shape index (κ3) is 4.21. The Balaban J connectivity index is 1.10. The molecule has 37 heavy (non-hydrogen) atoms. The maximum atomic E-state index is 13.5. The summed E-state index contributed by atoms with van der Waals surface area (Å²) in [6.45, 7) is 5.43. The highest BCUT2D eigenvalue weighted by molar-refractivity contribution is 6.21. The van der Waals surface area contributed by atoms with E-state index in [-0.39, 0.29) is 18.2 Å². The third-order valence-electron chi connectivity index (χ3n) is 7.93. The van der Waals surface area contributed by atoms with Gasteiger partial charge in [0.15, 0.2) is 0 Å². The summed E-state index contributed by atoms with van der Waals surface area (Å²) in [4.78, 5) is 31.8. The van der Waals surface area contributed by atoms with Crippen molar-refractivity contribution in [2.75, 3.05) is 51.3 Å². The summed E-state index contributed by atoms with van der Waals surface area (Å²) in [7, 11) is 1.72. The zero-order valence-electron chi connectivity index (χ0n) is 21.2. The van der Waals surface area contributed by atoms with Crippen LogP contribution in [0.3, 0.4) is 0 Å². The average Bonchev–Trinajstić information content (AvgIpc) is 3.42. The minimum Gasteiger partial charge on any atom is -0.495 e. The number of benzene rings is 3. The summed E-state index contributed by atoms with van der Waals surface area (Å²) in [6.07, 6.45) is 0.999. The summed E-state index contributed by atoms with van der Waals surface area (Å²) >= 11 is 0. The van der Waals surface area contributed by atoms with Crippen molar-refractivity contribution in [3.8, 4) is 16.9 Å². The number of imide groups is 1. The molecule has 2 heterocycles. The lowest BCUT2D eigenvalue weighted by atomic mass is 9.97. The van der Waals surface area contributed by atoms with Crippen LogP contribution >= 0.6 is 0 Å². The number of piperazine rings is 1. The first kappa shape index (κ1) is 23.5. The van der Waals surface area contributed by atoms with Gasteiger partial charge in [-0.3, -0.25) is 14.5 Å². The third-order valence-corrected chi connectivity index (χ3v) is 7.93. The molecular weight excluding hydrogens is 462 g/mol. The minimum atomic E-state index is -0.123. The Hall–Kier alpha value is -3.90. The number of rotatable bonds is 6. The molecule has 3 aromatic carbocycles. The van der Waals surface area contributed by atoms with Gasteiger partial charge >= 0.3 is 0 Å². The molecule has 188 valence electrons. The molecule has 6 heteroatoms. The highest BCUT2D eigenvalue weighted by atomic mass is 16.5. The fourth-order valence-electron chi connectivity index (χ4n) is 6.05. The molecule has 0 atom stereocenters. The summed E-state index contributed by atoms with van der Waals surface area (Å²) in [5.41, 5.74) is 7.10. The zero-order valence-corrected chi connectivity index (χ0v) is 21.2. The number of carbonyl (C=O) groups is 2. The summed E-state index contributed by atoms with van der Waals surface area (Å²) in [6, 6.07) is 24.5. The summed E-state index contributed by atoms with van der Waals surface area (Å²) in [5.74, 6) is 0.710. The van der Waals surface area contributed by atoms with Crippen LogP contribution in [0.2, 0.25) is 0 Å². The van der Waals surface area contributed by atoms with Gasteiger partial charge in [0, 0.05) is 18.5 Å². The van der Waals surface area contributed by atoms with Crippen molar-refractivity contribution < 1.29 is 19.2 Å². The Bertz CT molecular complexity index is 1340. The lowest BCUT2D eigenvalue weighted by molar-refractivity contribution is -0.900. The Morgan fingerprint density at radius 3 is 2.05 bits per heavy atom. The maximum Gasteiger partial charge on any atom is 0.257 e. The largest absolute Gasteiger partial charge is 0.495 e. The number of hydrogen-bond acceptors (Lipinski definition) is 4. The molecule has 0 saturated carbocycles. The van der Waals surface area contributed by atoms with Crippen molar-refractivity contribution in [2.45, 2.75) is 12.8 Å². The number of quaternary nitrogens is 1. The number of methoxy groups -OCH3 is 1. The van der Waals surface area contributed by atoms with Gasteiger partial charge < -0.3 is 14.5 Å². The number of nitrogens with one attached hydrogen (secondary N) is 1. The predicted octanol–water partition coefficient (Wildman–Crippen LogP) is 3.03. The lowest BCUT2D eigenvalue weighted by Crippen LogP contribution is -3.15. The van der Waals surface area contributed by atoms with Crippen molar-refractivity contribution >= 4 is 23.1 Å². The highest BCUT2D eigenvalue weighted by Gasteiger charge is 2.38. The smallest absolute Gasteiger partial charge is 0.257 e. The normalized spacial score (nSPS) is 17.4. The van der Waals surface area contributed by atoms with Crippen molar-refractivity contribution in [2.24, 2.45) is 0 Å². The van der Waals surface area contributed by atoms with E-state index >= 15 is 0 Å². The average molecular weight is 495 g/mol. The number of para-hydroxylation sites is 2. The van der Waals surface area contributed by atoms with Crippen LogP contribution in [0, 0.1) is 0 Å². The predicted molar refractivity (Wildman–Crippen MR) is 145 cm³/mol. The van der Waals surface area contributed by atoms with Gasteiger partial charge in [0.1, 0.15) is 5.75 Å². The molecule has 0 bridgehead atoms. The van der Waals surface area contributed by atoms with Crippen LogP contribution in [0.1, 0.15) is 24.0 Å². The number of anilines is 1. The lowest BCUT2D eigenvalue weighted by Gasteiger charge is -2.34. The summed E-state index contributed by atoms with van der Waals surface area (Å²) in [5, 5.41) is 0. The second kappa shape index (κ2) is 9.87. The van der Waals surface area contributed by atoms with Gasteiger partial charge in [0.05, 0.1) is 51.9 Å². The van der Waals surface area contributed by atoms with Crippen molar-refractivity contribution in [1.82, 2.24) is 4.90 Å². The standard InChI is InChI=1S/C31H31N3O3/c1-37-28-14-7-6-13-27(28)33-19-17-32(18-20-33)15-8-16-34-29(35)21-26(31(34)36)30-24-11-4-2-9-22(24)23-10-3-5-12-25(23)30/h2-7,9-14H,8,15-21H2,1H3/p+1. The van der Waals surface area contributed by atoms with Crippen LogP contribution in [0.4, 0.5) is 5.69 Å². The second-order valence-corrected chi connectivity index (χ2v) is 9.98. The van der Waals surface area contributed by atoms with Crippen LogP contribution in [-0.2, 0) is 9.59 Å². The van der Waals surface area contributed by atoms with E-state index in [9.17, 15) is 9.59 Å². The number of hydrogen-bond donors (Lipinski definition) is 1. The number of fused-ring (bicyclic) bond motifs is 3. The number of nitrogens with zero attached hydrogens (tertiary/aromatic N) is 2. The van der Waals surface area contributed by atoms with Crippen LogP contribution in [0.15, 0.2) is 78.4 Å². The van der Waals surface area contributed by atoms with Gasteiger partial charge in [-0.1, -0.05) is 60.7 Å². The Kier molecular flexibility index (Phi) is 6.26. The second-order valence-electron chi connectivity index (χ2n) is 9.98. The number of carbonyl (C=O) groups excluding carboxylic acids is 2. The molecule has 6 nitrogen and oxygen atoms in total. The Labute approximate surface area is 217 Å². The fourth-order valence-corrected chi connectivity index (χ4v) is 6.05. The quantitative estimate of drug-likeness (QED) is 0.331.